The molecule has 21 heavy (non-hydrogen) atoms. The topological polar surface area (TPSA) is 105 Å². The van der Waals surface area contributed by atoms with Gasteiger partial charge in [-0.2, -0.15) is 0 Å². The van der Waals surface area contributed by atoms with Crippen LogP contribution in [0, 0.1) is 0 Å². The highest BCUT2D eigenvalue weighted by atomic mass is 16.7. The molecule has 0 unspecified atom stereocenters. The van der Waals surface area contributed by atoms with Crippen molar-refractivity contribution in [2.75, 3.05) is 13.7 Å². The van der Waals surface area contributed by atoms with Crippen molar-refractivity contribution >= 4 is 5.97 Å². The smallest absolute Gasteiger partial charge is 0.345 e. The first-order chi connectivity index (χ1) is 9.93. The Hall–Kier alpha value is -1.67. The number of phenolic OH excluding ortho intramolecular Hbond substituents is 1. The Bertz CT molecular complexity index is 557. The number of phenols is 1. The van der Waals surface area contributed by atoms with Crippen LogP contribution in [-0.2, 0) is 25.4 Å². The second-order valence-corrected chi connectivity index (χ2v) is 5.28. The molecule has 2 aliphatic rings. The first kappa shape index (κ1) is 14.3. The zero-order chi connectivity index (χ0) is 15.3. The molecule has 2 fully saturated rings. The highest BCUT2D eigenvalue weighted by Gasteiger charge is 2.74. The highest BCUT2D eigenvalue weighted by Crippen LogP contribution is 2.46. The largest absolute Gasteiger partial charge is 0.508 e. The number of carbonyl (C=O) groups is 1. The Labute approximate surface area is 120 Å². The maximum Gasteiger partial charge on any atom is 0.345 e. The highest BCUT2D eigenvalue weighted by molar-refractivity contribution is 5.85. The second-order valence-electron chi connectivity index (χ2n) is 5.28. The molecule has 0 spiro atoms. The van der Waals surface area contributed by atoms with Crippen molar-refractivity contribution < 1.29 is 34.3 Å². The van der Waals surface area contributed by atoms with Crippen LogP contribution in [0.5, 0.6) is 5.75 Å². The van der Waals surface area contributed by atoms with Gasteiger partial charge in [-0.1, -0.05) is 12.1 Å². The van der Waals surface area contributed by atoms with Gasteiger partial charge >= 0.3 is 5.97 Å². The third-order valence-electron chi connectivity index (χ3n) is 4.09. The maximum atomic E-state index is 12.2. The molecule has 7 nitrogen and oxygen atoms in total. The quantitative estimate of drug-likeness (QED) is 0.635. The van der Waals surface area contributed by atoms with Crippen LogP contribution in [-0.4, -0.2) is 58.6 Å². The summed E-state index contributed by atoms with van der Waals surface area (Å²) in [5.74, 6) is -2.75. The Morgan fingerprint density at radius 2 is 2.05 bits per heavy atom. The van der Waals surface area contributed by atoms with Gasteiger partial charge in [0.05, 0.1) is 6.61 Å². The fourth-order valence-electron chi connectivity index (χ4n) is 2.91. The van der Waals surface area contributed by atoms with Crippen molar-refractivity contribution in [3.63, 3.8) is 0 Å². The Morgan fingerprint density at radius 3 is 2.67 bits per heavy atom. The number of hydrogen-bond acceptors (Lipinski definition) is 7. The van der Waals surface area contributed by atoms with Crippen LogP contribution in [0.2, 0.25) is 0 Å². The van der Waals surface area contributed by atoms with Crippen molar-refractivity contribution in [2.45, 2.75) is 30.0 Å². The Kier molecular flexibility index (Phi) is 3.18. The van der Waals surface area contributed by atoms with Crippen LogP contribution >= 0.6 is 0 Å². The SMILES string of the molecule is CO[C@]1(Cc2ccc(O)cc2)C(=O)O[C@H]2[C@H](O)CO[C@@]21O. The average Bonchev–Trinajstić information content (AvgIpc) is 2.87. The average molecular weight is 296 g/mol. The third-order valence-corrected chi connectivity index (χ3v) is 4.09. The number of esters is 1. The van der Waals surface area contributed by atoms with Gasteiger partial charge in [0.2, 0.25) is 11.4 Å². The van der Waals surface area contributed by atoms with Gasteiger partial charge in [-0.25, -0.2) is 4.79 Å². The molecule has 0 amide bonds. The van der Waals surface area contributed by atoms with E-state index in [1.807, 2.05) is 0 Å². The lowest BCUT2D eigenvalue weighted by atomic mass is 9.85. The summed E-state index contributed by atoms with van der Waals surface area (Å²) < 4.78 is 15.6. The van der Waals surface area contributed by atoms with Crippen LogP contribution in [0.3, 0.4) is 0 Å². The van der Waals surface area contributed by atoms with Gasteiger partial charge in [-0.05, 0) is 17.7 Å². The van der Waals surface area contributed by atoms with Gasteiger partial charge < -0.3 is 29.5 Å². The summed E-state index contributed by atoms with van der Waals surface area (Å²) in [5.41, 5.74) is -1.11. The van der Waals surface area contributed by atoms with E-state index in [1.54, 1.807) is 12.1 Å². The van der Waals surface area contributed by atoms with Crippen molar-refractivity contribution in [1.29, 1.82) is 0 Å². The molecule has 0 aromatic heterocycles. The fraction of sp³-hybridized carbons (Fsp3) is 0.500. The molecular weight excluding hydrogens is 280 g/mol. The minimum atomic E-state index is -2.05. The van der Waals surface area contributed by atoms with Crippen LogP contribution in [0.1, 0.15) is 5.56 Å². The van der Waals surface area contributed by atoms with Crippen LogP contribution in [0.15, 0.2) is 24.3 Å². The first-order valence-electron chi connectivity index (χ1n) is 6.51. The van der Waals surface area contributed by atoms with Gasteiger partial charge in [0.15, 0.2) is 6.10 Å². The summed E-state index contributed by atoms with van der Waals surface area (Å²) in [6.45, 7) is -0.144. The molecule has 0 radical (unpaired) electrons. The molecule has 1 aromatic rings. The van der Waals surface area contributed by atoms with E-state index in [1.165, 1.54) is 19.2 Å². The molecule has 0 aliphatic carbocycles. The maximum absolute atomic E-state index is 12.2. The molecule has 114 valence electrons. The van der Waals surface area contributed by atoms with Crippen molar-refractivity contribution in [3.05, 3.63) is 29.8 Å². The number of aliphatic hydroxyl groups excluding tert-OH is 1. The standard InChI is InChI=1S/C14H16O7/c1-19-13(6-8-2-4-9(15)5-3-8)12(17)21-11-10(16)7-20-14(11,13)18/h2-5,10-11,15-16,18H,6-7H2,1H3/t10-,11+,13-,14+/m1/s1. The lowest BCUT2D eigenvalue weighted by molar-refractivity contribution is -0.269. The fourth-order valence-corrected chi connectivity index (χ4v) is 2.91. The molecule has 3 rings (SSSR count). The molecule has 1 aromatic carbocycles. The molecule has 7 heteroatoms. The molecule has 0 saturated carbocycles. The van der Waals surface area contributed by atoms with E-state index in [0.717, 1.165) is 0 Å². The number of aromatic hydroxyl groups is 1. The van der Waals surface area contributed by atoms with E-state index >= 15 is 0 Å². The van der Waals surface area contributed by atoms with Gasteiger partial charge in [0.1, 0.15) is 11.9 Å². The van der Waals surface area contributed by atoms with Crippen LogP contribution in [0.25, 0.3) is 0 Å². The third kappa shape index (κ3) is 1.86. The minimum absolute atomic E-state index is 0.0116. The van der Waals surface area contributed by atoms with Gasteiger partial charge in [-0.3, -0.25) is 0 Å². The predicted molar refractivity (Wildman–Crippen MR) is 68.3 cm³/mol. The lowest BCUT2D eigenvalue weighted by Gasteiger charge is -2.35. The summed E-state index contributed by atoms with van der Waals surface area (Å²) in [7, 11) is 1.27. The number of ether oxygens (including phenoxy) is 3. The monoisotopic (exact) mass is 296 g/mol. The first-order valence-corrected chi connectivity index (χ1v) is 6.51. The summed E-state index contributed by atoms with van der Waals surface area (Å²) in [5, 5.41) is 29.8. The predicted octanol–water partition coefficient (Wildman–Crippen LogP) is -0.675. The second kappa shape index (κ2) is 4.67. The summed E-state index contributed by atoms with van der Waals surface area (Å²) in [4.78, 5) is 12.2. The molecule has 4 atom stereocenters. The number of aliphatic hydroxyl groups is 2. The number of carbonyl (C=O) groups excluding carboxylic acids is 1. The molecule has 2 heterocycles. The zero-order valence-electron chi connectivity index (χ0n) is 11.4. The minimum Gasteiger partial charge on any atom is -0.508 e. The summed E-state index contributed by atoms with van der Waals surface area (Å²) >= 11 is 0. The summed E-state index contributed by atoms with van der Waals surface area (Å²) in [6.07, 6.45) is -2.29. The number of benzene rings is 1. The number of hydrogen-bond donors (Lipinski definition) is 3. The van der Waals surface area contributed by atoms with Crippen molar-refractivity contribution in [3.8, 4) is 5.75 Å². The molecule has 3 N–H and O–H groups in total. The Balaban J connectivity index is 1.99. The van der Waals surface area contributed by atoms with Crippen molar-refractivity contribution in [2.24, 2.45) is 0 Å². The normalized spacial score (nSPS) is 38.3. The van der Waals surface area contributed by atoms with Gasteiger partial charge in [0.25, 0.3) is 0 Å². The van der Waals surface area contributed by atoms with E-state index in [-0.39, 0.29) is 18.8 Å². The molecular formula is C14H16O7. The number of methoxy groups -OCH3 is 1. The van der Waals surface area contributed by atoms with Gasteiger partial charge in [0, 0.05) is 13.5 Å². The molecule has 2 saturated heterocycles. The van der Waals surface area contributed by atoms with Crippen LogP contribution < -0.4 is 0 Å². The molecule has 0 bridgehead atoms. The Morgan fingerprint density at radius 1 is 1.38 bits per heavy atom. The van der Waals surface area contributed by atoms with Gasteiger partial charge in [-0.15, -0.1) is 0 Å². The van der Waals surface area contributed by atoms with E-state index in [4.69, 9.17) is 14.2 Å². The summed E-state index contributed by atoms with van der Waals surface area (Å²) in [6, 6.07) is 6.13. The van der Waals surface area contributed by atoms with E-state index in [0.29, 0.717) is 5.56 Å². The van der Waals surface area contributed by atoms with E-state index in [2.05, 4.69) is 0 Å². The number of fused-ring (bicyclic) bond motifs is 1. The van der Waals surface area contributed by atoms with Crippen LogP contribution in [0.4, 0.5) is 0 Å². The zero-order valence-corrected chi connectivity index (χ0v) is 11.4. The van der Waals surface area contributed by atoms with E-state index < -0.39 is 29.6 Å². The molecule has 2 aliphatic heterocycles. The van der Waals surface area contributed by atoms with E-state index in [9.17, 15) is 20.1 Å². The van der Waals surface area contributed by atoms with Crippen molar-refractivity contribution in [1.82, 2.24) is 0 Å². The lowest BCUT2D eigenvalue weighted by Crippen LogP contribution is -2.60. The number of rotatable bonds is 3.